The van der Waals surface area contributed by atoms with Crippen LogP contribution in [0.2, 0.25) is 0 Å². The molecule has 1 aromatic carbocycles. The minimum atomic E-state index is -0.970. The van der Waals surface area contributed by atoms with E-state index in [1.165, 1.54) is 12.5 Å². The molecule has 0 atom stereocenters. The van der Waals surface area contributed by atoms with Crippen molar-refractivity contribution in [1.82, 2.24) is 0 Å². The van der Waals surface area contributed by atoms with Gasteiger partial charge >= 0.3 is 5.97 Å². The number of rotatable bonds is 4. The van der Waals surface area contributed by atoms with Crippen LogP contribution in [0.1, 0.15) is 41.6 Å². The van der Waals surface area contributed by atoms with Crippen LogP contribution >= 0.6 is 0 Å². The summed E-state index contributed by atoms with van der Waals surface area (Å²) < 4.78 is 0. The second-order valence-corrected chi connectivity index (χ2v) is 4.88. The van der Waals surface area contributed by atoms with E-state index in [1.54, 1.807) is 19.1 Å². The van der Waals surface area contributed by atoms with Crippen LogP contribution in [0.5, 0.6) is 0 Å². The Morgan fingerprint density at radius 3 is 2.67 bits per heavy atom. The molecule has 0 spiro atoms. The Kier molecular flexibility index (Phi) is 3.65. The highest BCUT2D eigenvalue weighted by atomic mass is 16.4. The molecule has 2 rings (SSSR count). The van der Waals surface area contributed by atoms with E-state index in [0.29, 0.717) is 23.6 Å². The van der Waals surface area contributed by atoms with Gasteiger partial charge in [0, 0.05) is 12.1 Å². The van der Waals surface area contributed by atoms with Gasteiger partial charge in [-0.2, -0.15) is 0 Å². The lowest BCUT2D eigenvalue weighted by molar-refractivity contribution is -0.117. The topological polar surface area (TPSA) is 66.4 Å². The number of carbonyl (C=O) groups excluding carboxylic acids is 1. The quantitative estimate of drug-likeness (QED) is 0.859. The Balaban J connectivity index is 2.02. The summed E-state index contributed by atoms with van der Waals surface area (Å²) in [5.74, 6) is -0.489. The SMILES string of the molecule is Cc1ccc(NC(=O)CC2CCC2)cc1C(=O)O. The number of hydrogen-bond acceptors (Lipinski definition) is 2. The maximum Gasteiger partial charge on any atom is 0.336 e. The number of nitrogens with one attached hydrogen (secondary N) is 1. The molecule has 0 radical (unpaired) electrons. The first-order valence-corrected chi connectivity index (χ1v) is 6.20. The van der Waals surface area contributed by atoms with Crippen LogP contribution < -0.4 is 5.32 Å². The van der Waals surface area contributed by atoms with E-state index in [0.717, 1.165) is 12.8 Å². The Morgan fingerprint density at radius 2 is 2.11 bits per heavy atom. The molecule has 1 fully saturated rings. The summed E-state index contributed by atoms with van der Waals surface area (Å²) in [5.41, 5.74) is 1.48. The fourth-order valence-electron chi connectivity index (χ4n) is 2.10. The van der Waals surface area contributed by atoms with Crippen LogP contribution in [-0.2, 0) is 4.79 Å². The van der Waals surface area contributed by atoms with Crippen LogP contribution in [0.4, 0.5) is 5.69 Å². The average molecular weight is 247 g/mol. The zero-order valence-electron chi connectivity index (χ0n) is 10.4. The van der Waals surface area contributed by atoms with E-state index in [4.69, 9.17) is 5.11 Å². The third-order valence-electron chi connectivity index (χ3n) is 3.45. The highest BCUT2D eigenvalue weighted by Crippen LogP contribution is 2.29. The largest absolute Gasteiger partial charge is 0.478 e. The Bertz CT molecular complexity index is 478. The minimum Gasteiger partial charge on any atom is -0.478 e. The summed E-state index contributed by atoms with van der Waals surface area (Å²) in [7, 11) is 0. The maximum atomic E-state index is 11.7. The van der Waals surface area contributed by atoms with Crippen LogP contribution in [0.3, 0.4) is 0 Å². The lowest BCUT2D eigenvalue weighted by Crippen LogP contribution is -2.21. The fourth-order valence-corrected chi connectivity index (χ4v) is 2.10. The summed E-state index contributed by atoms with van der Waals surface area (Å²) in [6, 6.07) is 4.96. The monoisotopic (exact) mass is 247 g/mol. The molecule has 4 nitrogen and oxygen atoms in total. The first-order valence-electron chi connectivity index (χ1n) is 6.20. The zero-order valence-corrected chi connectivity index (χ0v) is 10.4. The fraction of sp³-hybridized carbons (Fsp3) is 0.429. The average Bonchev–Trinajstić information content (AvgIpc) is 2.26. The first kappa shape index (κ1) is 12.6. The molecular formula is C14H17NO3. The number of hydrogen-bond donors (Lipinski definition) is 2. The number of carbonyl (C=O) groups is 2. The van der Waals surface area contributed by atoms with Gasteiger partial charge in [0.25, 0.3) is 0 Å². The van der Waals surface area contributed by atoms with Gasteiger partial charge in [-0.1, -0.05) is 12.5 Å². The van der Waals surface area contributed by atoms with Gasteiger partial charge in [0.2, 0.25) is 5.91 Å². The Hall–Kier alpha value is -1.84. The van der Waals surface area contributed by atoms with Crippen LogP contribution in [0.25, 0.3) is 0 Å². The number of benzene rings is 1. The summed E-state index contributed by atoms with van der Waals surface area (Å²) in [4.78, 5) is 22.7. The summed E-state index contributed by atoms with van der Waals surface area (Å²) in [5, 5.41) is 11.8. The molecule has 0 bridgehead atoms. The van der Waals surface area contributed by atoms with Crippen LogP contribution in [0.15, 0.2) is 18.2 Å². The van der Waals surface area contributed by atoms with Crippen molar-refractivity contribution in [2.45, 2.75) is 32.6 Å². The molecule has 1 aromatic rings. The molecule has 4 heteroatoms. The van der Waals surface area contributed by atoms with Gasteiger partial charge in [-0.3, -0.25) is 4.79 Å². The lowest BCUT2D eigenvalue weighted by Gasteiger charge is -2.24. The predicted octanol–water partition coefficient (Wildman–Crippen LogP) is 2.82. The number of anilines is 1. The predicted molar refractivity (Wildman–Crippen MR) is 68.7 cm³/mol. The highest BCUT2D eigenvalue weighted by Gasteiger charge is 2.20. The maximum absolute atomic E-state index is 11.7. The van der Waals surface area contributed by atoms with E-state index in [1.807, 2.05) is 0 Å². The van der Waals surface area contributed by atoms with Gasteiger partial charge in [-0.25, -0.2) is 4.79 Å². The van der Waals surface area contributed by atoms with Crippen molar-refractivity contribution < 1.29 is 14.7 Å². The third-order valence-corrected chi connectivity index (χ3v) is 3.45. The van der Waals surface area contributed by atoms with Gasteiger partial charge in [-0.05, 0) is 43.4 Å². The number of carboxylic acids is 1. The first-order chi connectivity index (χ1) is 8.56. The molecule has 1 saturated carbocycles. The van der Waals surface area contributed by atoms with Crippen LogP contribution in [0, 0.1) is 12.8 Å². The van der Waals surface area contributed by atoms with Crippen molar-refractivity contribution in [3.8, 4) is 0 Å². The second kappa shape index (κ2) is 5.21. The van der Waals surface area contributed by atoms with E-state index >= 15 is 0 Å². The van der Waals surface area contributed by atoms with Crippen molar-refractivity contribution in [3.63, 3.8) is 0 Å². The molecule has 1 aliphatic rings. The highest BCUT2D eigenvalue weighted by molar-refractivity contribution is 5.94. The minimum absolute atomic E-state index is 0.0279. The molecule has 2 N–H and O–H groups in total. The molecule has 0 aliphatic heterocycles. The van der Waals surface area contributed by atoms with E-state index in [2.05, 4.69) is 5.32 Å². The number of carboxylic acid groups (broad SMARTS) is 1. The van der Waals surface area contributed by atoms with E-state index in [-0.39, 0.29) is 11.5 Å². The molecule has 0 heterocycles. The number of aryl methyl sites for hydroxylation is 1. The van der Waals surface area contributed by atoms with Gasteiger partial charge in [0.15, 0.2) is 0 Å². The molecule has 0 saturated heterocycles. The van der Waals surface area contributed by atoms with E-state index in [9.17, 15) is 9.59 Å². The van der Waals surface area contributed by atoms with Gasteiger partial charge in [0.05, 0.1) is 5.56 Å². The molecule has 0 unspecified atom stereocenters. The van der Waals surface area contributed by atoms with Crippen molar-refractivity contribution in [2.75, 3.05) is 5.32 Å². The summed E-state index contributed by atoms with van der Waals surface area (Å²) >= 11 is 0. The Labute approximate surface area is 106 Å². The normalized spacial score (nSPS) is 14.9. The van der Waals surface area contributed by atoms with Gasteiger partial charge in [-0.15, -0.1) is 0 Å². The molecular weight excluding hydrogens is 230 g/mol. The molecule has 18 heavy (non-hydrogen) atoms. The van der Waals surface area contributed by atoms with Crippen molar-refractivity contribution in [2.24, 2.45) is 5.92 Å². The molecule has 1 amide bonds. The molecule has 0 aromatic heterocycles. The van der Waals surface area contributed by atoms with Gasteiger partial charge in [0.1, 0.15) is 0 Å². The number of aromatic carboxylic acids is 1. The third kappa shape index (κ3) is 2.88. The van der Waals surface area contributed by atoms with Gasteiger partial charge < -0.3 is 10.4 Å². The standard InChI is InChI=1S/C14H17NO3/c1-9-5-6-11(8-12(9)14(17)18)15-13(16)7-10-3-2-4-10/h5-6,8,10H,2-4,7H2,1H3,(H,15,16)(H,17,18). The smallest absolute Gasteiger partial charge is 0.336 e. The zero-order chi connectivity index (χ0) is 13.1. The van der Waals surface area contributed by atoms with Crippen molar-refractivity contribution in [1.29, 1.82) is 0 Å². The second-order valence-electron chi connectivity index (χ2n) is 4.88. The lowest BCUT2D eigenvalue weighted by atomic mass is 9.83. The van der Waals surface area contributed by atoms with Crippen LogP contribution in [-0.4, -0.2) is 17.0 Å². The van der Waals surface area contributed by atoms with Crippen molar-refractivity contribution in [3.05, 3.63) is 29.3 Å². The van der Waals surface area contributed by atoms with E-state index < -0.39 is 5.97 Å². The number of amides is 1. The summed E-state index contributed by atoms with van der Waals surface area (Å²) in [6.45, 7) is 1.74. The molecule has 96 valence electrons. The Morgan fingerprint density at radius 1 is 1.39 bits per heavy atom. The van der Waals surface area contributed by atoms with Crippen molar-refractivity contribution >= 4 is 17.6 Å². The summed E-state index contributed by atoms with van der Waals surface area (Å²) in [6.07, 6.45) is 4.01. The molecule has 1 aliphatic carbocycles.